The Kier molecular flexibility index (Phi) is 4.84. The molecule has 0 aliphatic carbocycles. The van der Waals surface area contributed by atoms with Crippen LogP contribution in [0, 0.1) is 0 Å². The standard InChI is InChI=1S/C18H24N2O/c19-15(9-11-17-6-3-4-12-21-17)13-16-10-8-14-5-1-2-7-18(14)20-16/h1-2,5,7-8,10,15,17H,3-4,6,9,11-13,19H2. The molecule has 1 saturated heterocycles. The summed E-state index contributed by atoms with van der Waals surface area (Å²) in [6, 6.07) is 12.6. The van der Waals surface area contributed by atoms with Crippen LogP contribution in [0.5, 0.6) is 0 Å². The zero-order valence-corrected chi connectivity index (χ0v) is 12.5. The molecule has 1 aliphatic rings. The second-order valence-corrected chi connectivity index (χ2v) is 6.03. The highest BCUT2D eigenvalue weighted by atomic mass is 16.5. The van der Waals surface area contributed by atoms with Crippen LogP contribution in [0.4, 0.5) is 0 Å². The van der Waals surface area contributed by atoms with Crippen LogP contribution in [0.3, 0.4) is 0 Å². The zero-order chi connectivity index (χ0) is 14.5. The summed E-state index contributed by atoms with van der Waals surface area (Å²) in [5, 5.41) is 1.19. The van der Waals surface area contributed by atoms with Gasteiger partial charge in [0.05, 0.1) is 11.6 Å². The molecule has 3 rings (SSSR count). The molecule has 0 radical (unpaired) electrons. The molecular weight excluding hydrogens is 260 g/mol. The van der Waals surface area contributed by atoms with E-state index in [-0.39, 0.29) is 6.04 Å². The third-order valence-electron chi connectivity index (χ3n) is 4.26. The summed E-state index contributed by atoms with van der Waals surface area (Å²) in [5.74, 6) is 0. The maximum Gasteiger partial charge on any atom is 0.0705 e. The molecular formula is C18H24N2O. The van der Waals surface area contributed by atoms with Gasteiger partial charge < -0.3 is 10.5 Å². The Morgan fingerprint density at radius 1 is 1.19 bits per heavy atom. The van der Waals surface area contributed by atoms with Gasteiger partial charge in [-0.1, -0.05) is 24.3 Å². The quantitative estimate of drug-likeness (QED) is 0.914. The second kappa shape index (κ2) is 7.01. The number of nitrogens with zero attached hydrogens (tertiary/aromatic N) is 1. The maximum atomic E-state index is 6.27. The van der Waals surface area contributed by atoms with Crippen molar-refractivity contribution in [2.75, 3.05) is 6.61 Å². The monoisotopic (exact) mass is 284 g/mol. The summed E-state index contributed by atoms with van der Waals surface area (Å²) in [6.45, 7) is 0.923. The van der Waals surface area contributed by atoms with E-state index in [1.165, 1.54) is 24.6 Å². The summed E-state index contributed by atoms with van der Waals surface area (Å²) in [6.07, 6.45) is 7.07. The van der Waals surface area contributed by atoms with Crippen LogP contribution in [-0.2, 0) is 11.2 Å². The van der Waals surface area contributed by atoms with E-state index in [9.17, 15) is 0 Å². The highest BCUT2D eigenvalue weighted by molar-refractivity contribution is 5.78. The van der Waals surface area contributed by atoms with Crippen LogP contribution >= 0.6 is 0 Å². The molecule has 1 fully saturated rings. The number of rotatable bonds is 5. The fourth-order valence-electron chi connectivity index (χ4n) is 3.03. The molecule has 0 saturated carbocycles. The van der Waals surface area contributed by atoms with E-state index in [0.717, 1.165) is 37.1 Å². The predicted molar refractivity (Wildman–Crippen MR) is 86.2 cm³/mol. The Labute approximate surface area is 126 Å². The lowest BCUT2D eigenvalue weighted by Gasteiger charge is -2.23. The van der Waals surface area contributed by atoms with Crippen LogP contribution in [0.25, 0.3) is 10.9 Å². The molecule has 3 nitrogen and oxygen atoms in total. The van der Waals surface area contributed by atoms with Crippen molar-refractivity contribution in [2.45, 2.75) is 50.7 Å². The zero-order valence-electron chi connectivity index (χ0n) is 12.5. The molecule has 1 aromatic carbocycles. The molecule has 0 bridgehead atoms. The summed E-state index contributed by atoms with van der Waals surface area (Å²) in [4.78, 5) is 4.70. The lowest BCUT2D eigenvalue weighted by molar-refractivity contribution is 0.00914. The Bertz CT molecular complexity index is 578. The number of para-hydroxylation sites is 1. The van der Waals surface area contributed by atoms with Gasteiger partial charge in [0.2, 0.25) is 0 Å². The molecule has 1 aliphatic heterocycles. The van der Waals surface area contributed by atoms with E-state index in [4.69, 9.17) is 15.5 Å². The van der Waals surface area contributed by atoms with Crippen molar-refractivity contribution in [1.82, 2.24) is 4.98 Å². The molecule has 112 valence electrons. The maximum absolute atomic E-state index is 6.27. The molecule has 3 heteroatoms. The summed E-state index contributed by atoms with van der Waals surface area (Å²) < 4.78 is 5.77. The Morgan fingerprint density at radius 2 is 2.10 bits per heavy atom. The number of ether oxygens (including phenoxy) is 1. The van der Waals surface area contributed by atoms with Gasteiger partial charge in [-0.15, -0.1) is 0 Å². The number of nitrogens with two attached hydrogens (primary N) is 1. The topological polar surface area (TPSA) is 48.1 Å². The van der Waals surface area contributed by atoms with E-state index < -0.39 is 0 Å². The molecule has 2 N–H and O–H groups in total. The van der Waals surface area contributed by atoms with Crippen molar-refractivity contribution in [3.05, 3.63) is 42.1 Å². The van der Waals surface area contributed by atoms with Gasteiger partial charge in [0.1, 0.15) is 0 Å². The lowest BCUT2D eigenvalue weighted by atomic mass is 9.99. The summed E-state index contributed by atoms with van der Waals surface area (Å²) in [5.41, 5.74) is 8.41. The SMILES string of the molecule is NC(CCC1CCCCO1)Cc1ccc2ccccc2n1. The number of aromatic nitrogens is 1. The normalized spacial score (nSPS) is 20.5. The van der Waals surface area contributed by atoms with E-state index in [0.29, 0.717) is 6.10 Å². The summed E-state index contributed by atoms with van der Waals surface area (Å²) >= 11 is 0. The minimum absolute atomic E-state index is 0.171. The highest BCUT2D eigenvalue weighted by Gasteiger charge is 2.15. The first kappa shape index (κ1) is 14.5. The van der Waals surface area contributed by atoms with Crippen molar-refractivity contribution >= 4 is 10.9 Å². The largest absolute Gasteiger partial charge is 0.378 e. The third-order valence-corrected chi connectivity index (χ3v) is 4.26. The first-order valence-corrected chi connectivity index (χ1v) is 8.03. The number of pyridine rings is 1. The number of benzene rings is 1. The summed E-state index contributed by atoms with van der Waals surface area (Å²) in [7, 11) is 0. The fourth-order valence-corrected chi connectivity index (χ4v) is 3.03. The number of hydrogen-bond acceptors (Lipinski definition) is 3. The van der Waals surface area contributed by atoms with Crippen molar-refractivity contribution in [2.24, 2.45) is 5.73 Å². The molecule has 0 spiro atoms. The smallest absolute Gasteiger partial charge is 0.0705 e. The van der Waals surface area contributed by atoms with Gasteiger partial charge in [-0.25, -0.2) is 0 Å². The molecule has 21 heavy (non-hydrogen) atoms. The highest BCUT2D eigenvalue weighted by Crippen LogP contribution is 2.18. The molecule has 2 atom stereocenters. The molecule has 2 heterocycles. The average molecular weight is 284 g/mol. The molecule has 1 aromatic heterocycles. The van der Waals surface area contributed by atoms with E-state index in [2.05, 4.69) is 24.3 Å². The first-order chi connectivity index (χ1) is 10.3. The van der Waals surface area contributed by atoms with Gasteiger partial charge in [-0.05, 0) is 44.2 Å². The Balaban J connectivity index is 1.54. The minimum Gasteiger partial charge on any atom is -0.378 e. The van der Waals surface area contributed by atoms with Crippen LogP contribution in [0.15, 0.2) is 36.4 Å². The van der Waals surface area contributed by atoms with Crippen LogP contribution in [0.2, 0.25) is 0 Å². The second-order valence-electron chi connectivity index (χ2n) is 6.03. The van der Waals surface area contributed by atoms with Gasteiger partial charge in [0, 0.05) is 30.1 Å². The van der Waals surface area contributed by atoms with Gasteiger partial charge in [0.25, 0.3) is 0 Å². The van der Waals surface area contributed by atoms with Gasteiger partial charge >= 0.3 is 0 Å². The van der Waals surface area contributed by atoms with E-state index in [1.54, 1.807) is 0 Å². The molecule has 2 aromatic rings. The Morgan fingerprint density at radius 3 is 2.95 bits per heavy atom. The van der Waals surface area contributed by atoms with Crippen molar-refractivity contribution < 1.29 is 4.74 Å². The fraction of sp³-hybridized carbons (Fsp3) is 0.500. The van der Waals surface area contributed by atoms with Crippen molar-refractivity contribution in [3.8, 4) is 0 Å². The molecule has 2 unspecified atom stereocenters. The van der Waals surface area contributed by atoms with E-state index >= 15 is 0 Å². The Hall–Kier alpha value is -1.45. The predicted octanol–water partition coefficient (Wildman–Crippen LogP) is 3.45. The number of hydrogen-bond donors (Lipinski definition) is 1. The van der Waals surface area contributed by atoms with Gasteiger partial charge in [-0.3, -0.25) is 4.98 Å². The minimum atomic E-state index is 0.171. The molecule has 0 amide bonds. The lowest BCUT2D eigenvalue weighted by Crippen LogP contribution is -2.27. The third kappa shape index (κ3) is 4.02. The van der Waals surface area contributed by atoms with E-state index in [1.807, 2.05) is 12.1 Å². The van der Waals surface area contributed by atoms with Crippen LogP contribution in [-0.4, -0.2) is 23.7 Å². The van der Waals surface area contributed by atoms with Gasteiger partial charge in [0.15, 0.2) is 0 Å². The number of fused-ring (bicyclic) bond motifs is 1. The first-order valence-electron chi connectivity index (χ1n) is 8.03. The van der Waals surface area contributed by atoms with Gasteiger partial charge in [-0.2, -0.15) is 0 Å². The van der Waals surface area contributed by atoms with Crippen LogP contribution in [0.1, 0.15) is 37.8 Å². The van der Waals surface area contributed by atoms with Crippen molar-refractivity contribution in [1.29, 1.82) is 0 Å². The van der Waals surface area contributed by atoms with Crippen LogP contribution < -0.4 is 5.73 Å². The average Bonchev–Trinajstić information content (AvgIpc) is 2.54. The van der Waals surface area contributed by atoms with Crippen molar-refractivity contribution in [3.63, 3.8) is 0 Å².